The maximum absolute atomic E-state index is 8.64. The summed E-state index contributed by atoms with van der Waals surface area (Å²) in [6.45, 7) is 7.33. The van der Waals surface area contributed by atoms with Crippen molar-refractivity contribution in [3.63, 3.8) is 0 Å². The molecule has 1 rings (SSSR count). The molecule has 0 amide bonds. The molecule has 16 heavy (non-hydrogen) atoms. The van der Waals surface area contributed by atoms with Crippen molar-refractivity contribution < 1.29 is 5.11 Å². The first-order valence-electron chi connectivity index (χ1n) is 5.71. The number of benzene rings is 1. The van der Waals surface area contributed by atoms with E-state index in [1.54, 1.807) is 0 Å². The first-order chi connectivity index (χ1) is 7.80. The summed E-state index contributed by atoms with van der Waals surface area (Å²) in [5, 5.41) is 8.64. The number of hydrogen-bond donors (Lipinski definition) is 1. The third kappa shape index (κ3) is 4.06. The van der Waals surface area contributed by atoms with Gasteiger partial charge in [0.2, 0.25) is 0 Å². The zero-order valence-corrected chi connectivity index (χ0v) is 10.0. The van der Waals surface area contributed by atoms with Gasteiger partial charge in [0.05, 0.1) is 0 Å². The maximum atomic E-state index is 8.64. The summed E-state index contributed by atoms with van der Waals surface area (Å²) >= 11 is 0. The Morgan fingerprint density at radius 2 is 2.00 bits per heavy atom. The van der Waals surface area contributed by atoms with Gasteiger partial charge in [-0.05, 0) is 30.8 Å². The van der Waals surface area contributed by atoms with Crippen LogP contribution in [0.2, 0.25) is 0 Å². The van der Waals surface area contributed by atoms with E-state index >= 15 is 0 Å². The first-order valence-corrected chi connectivity index (χ1v) is 5.71. The van der Waals surface area contributed by atoms with E-state index < -0.39 is 0 Å². The topological polar surface area (TPSA) is 23.5 Å². The van der Waals surface area contributed by atoms with Gasteiger partial charge in [-0.25, -0.2) is 0 Å². The average Bonchev–Trinajstić information content (AvgIpc) is 2.34. The highest BCUT2D eigenvalue weighted by atomic mass is 16.2. The monoisotopic (exact) mass is 217 g/mol. The molecule has 0 heterocycles. The van der Waals surface area contributed by atoms with Crippen LogP contribution in [0, 0.1) is 11.8 Å². The standard InChI is InChI=1S/C14H19NO/c1-3-15(4-2)12-14-8-5-7-13(11-14)9-6-10-16/h5,7-8,11,16H,3-4,10,12H2,1-2H3. The summed E-state index contributed by atoms with van der Waals surface area (Å²) < 4.78 is 0. The molecule has 0 aliphatic carbocycles. The fraction of sp³-hybridized carbons (Fsp3) is 0.429. The van der Waals surface area contributed by atoms with Crippen LogP contribution in [-0.2, 0) is 6.54 Å². The third-order valence-electron chi connectivity index (χ3n) is 2.54. The smallest absolute Gasteiger partial charge is 0.104 e. The lowest BCUT2D eigenvalue weighted by molar-refractivity contribution is 0.296. The molecule has 0 aromatic heterocycles. The van der Waals surface area contributed by atoms with E-state index in [9.17, 15) is 0 Å². The number of hydrogen-bond acceptors (Lipinski definition) is 2. The molecule has 0 aliphatic heterocycles. The summed E-state index contributed by atoms with van der Waals surface area (Å²) in [4.78, 5) is 2.36. The molecular formula is C14H19NO. The van der Waals surface area contributed by atoms with Crippen LogP contribution >= 0.6 is 0 Å². The van der Waals surface area contributed by atoms with Crippen molar-refractivity contribution in [2.75, 3.05) is 19.7 Å². The molecular weight excluding hydrogens is 198 g/mol. The van der Waals surface area contributed by atoms with Gasteiger partial charge in [0.1, 0.15) is 6.61 Å². The second kappa shape index (κ2) is 7.05. The van der Waals surface area contributed by atoms with Crippen molar-refractivity contribution in [3.8, 4) is 11.8 Å². The lowest BCUT2D eigenvalue weighted by Crippen LogP contribution is -2.22. The Kier molecular flexibility index (Phi) is 5.63. The van der Waals surface area contributed by atoms with E-state index in [1.807, 2.05) is 12.1 Å². The zero-order chi connectivity index (χ0) is 11.8. The highest BCUT2D eigenvalue weighted by Crippen LogP contribution is 2.07. The largest absolute Gasteiger partial charge is 0.384 e. The van der Waals surface area contributed by atoms with E-state index in [0.29, 0.717) is 0 Å². The van der Waals surface area contributed by atoms with Gasteiger partial charge >= 0.3 is 0 Å². The summed E-state index contributed by atoms with van der Waals surface area (Å²) in [5.41, 5.74) is 2.24. The Morgan fingerprint density at radius 1 is 1.25 bits per heavy atom. The Morgan fingerprint density at radius 3 is 2.62 bits per heavy atom. The minimum atomic E-state index is -0.0831. The average molecular weight is 217 g/mol. The van der Waals surface area contributed by atoms with E-state index in [1.165, 1.54) is 5.56 Å². The third-order valence-corrected chi connectivity index (χ3v) is 2.54. The number of aliphatic hydroxyl groups excluding tert-OH is 1. The van der Waals surface area contributed by atoms with Gasteiger partial charge in [-0.2, -0.15) is 0 Å². The van der Waals surface area contributed by atoms with Crippen LogP contribution in [0.3, 0.4) is 0 Å². The Labute approximate surface area is 97.9 Å². The molecule has 1 aromatic carbocycles. The Bertz CT molecular complexity index is 372. The molecule has 0 bridgehead atoms. The summed E-state index contributed by atoms with van der Waals surface area (Å²) in [6, 6.07) is 8.18. The lowest BCUT2D eigenvalue weighted by atomic mass is 10.1. The second-order valence-corrected chi connectivity index (χ2v) is 3.62. The van der Waals surface area contributed by atoms with Crippen LogP contribution in [0.1, 0.15) is 25.0 Å². The fourth-order valence-corrected chi connectivity index (χ4v) is 1.59. The number of aliphatic hydroxyl groups is 1. The maximum Gasteiger partial charge on any atom is 0.104 e. The van der Waals surface area contributed by atoms with E-state index in [4.69, 9.17) is 5.11 Å². The molecule has 0 atom stereocenters. The van der Waals surface area contributed by atoms with Gasteiger partial charge < -0.3 is 5.11 Å². The van der Waals surface area contributed by atoms with Crippen LogP contribution in [0.25, 0.3) is 0 Å². The van der Waals surface area contributed by atoms with Gasteiger partial charge in [0, 0.05) is 12.1 Å². The molecule has 0 aliphatic rings. The Hall–Kier alpha value is -1.30. The van der Waals surface area contributed by atoms with E-state index in [0.717, 1.165) is 25.2 Å². The normalized spacial score (nSPS) is 10.0. The van der Waals surface area contributed by atoms with Crippen molar-refractivity contribution in [2.45, 2.75) is 20.4 Å². The SMILES string of the molecule is CCN(CC)Cc1cccc(C#CCO)c1. The van der Waals surface area contributed by atoms with E-state index in [2.05, 4.69) is 42.7 Å². The molecule has 2 nitrogen and oxygen atoms in total. The molecule has 0 saturated carbocycles. The molecule has 0 radical (unpaired) electrons. The Balaban J connectivity index is 2.74. The van der Waals surface area contributed by atoms with Gasteiger partial charge in [0.15, 0.2) is 0 Å². The molecule has 0 unspecified atom stereocenters. The minimum Gasteiger partial charge on any atom is -0.384 e. The molecule has 1 aromatic rings. The molecule has 86 valence electrons. The number of nitrogens with zero attached hydrogens (tertiary/aromatic N) is 1. The van der Waals surface area contributed by atoms with Gasteiger partial charge in [-0.15, -0.1) is 0 Å². The summed E-state index contributed by atoms with van der Waals surface area (Å²) in [7, 11) is 0. The van der Waals surface area contributed by atoms with E-state index in [-0.39, 0.29) is 6.61 Å². The van der Waals surface area contributed by atoms with Crippen LogP contribution in [0.4, 0.5) is 0 Å². The molecule has 1 N–H and O–H groups in total. The van der Waals surface area contributed by atoms with Crippen molar-refractivity contribution >= 4 is 0 Å². The zero-order valence-electron chi connectivity index (χ0n) is 10.0. The molecule has 0 spiro atoms. The lowest BCUT2D eigenvalue weighted by Gasteiger charge is -2.17. The predicted octanol–water partition coefficient (Wildman–Crippen LogP) is 1.87. The summed E-state index contributed by atoms with van der Waals surface area (Å²) in [5.74, 6) is 5.59. The molecule has 0 fully saturated rings. The summed E-state index contributed by atoms with van der Waals surface area (Å²) in [6.07, 6.45) is 0. The van der Waals surface area contributed by atoms with Crippen molar-refractivity contribution in [1.29, 1.82) is 0 Å². The van der Waals surface area contributed by atoms with Crippen LogP contribution in [0.15, 0.2) is 24.3 Å². The van der Waals surface area contributed by atoms with Crippen molar-refractivity contribution in [1.82, 2.24) is 4.90 Å². The van der Waals surface area contributed by atoms with Crippen LogP contribution in [0.5, 0.6) is 0 Å². The van der Waals surface area contributed by atoms with Crippen LogP contribution < -0.4 is 0 Å². The minimum absolute atomic E-state index is 0.0831. The van der Waals surface area contributed by atoms with Crippen molar-refractivity contribution in [3.05, 3.63) is 35.4 Å². The highest BCUT2D eigenvalue weighted by molar-refractivity contribution is 5.37. The van der Waals surface area contributed by atoms with Gasteiger partial charge in [-0.1, -0.05) is 37.8 Å². The van der Waals surface area contributed by atoms with Crippen molar-refractivity contribution in [2.24, 2.45) is 0 Å². The number of rotatable bonds is 4. The fourth-order valence-electron chi connectivity index (χ4n) is 1.59. The first kappa shape index (κ1) is 12.8. The molecule has 2 heteroatoms. The highest BCUT2D eigenvalue weighted by Gasteiger charge is 2.00. The predicted molar refractivity (Wildman–Crippen MR) is 67.0 cm³/mol. The van der Waals surface area contributed by atoms with Gasteiger partial charge in [-0.3, -0.25) is 4.90 Å². The molecule has 0 saturated heterocycles. The quantitative estimate of drug-likeness (QED) is 0.778. The van der Waals surface area contributed by atoms with Gasteiger partial charge in [0.25, 0.3) is 0 Å². The second-order valence-electron chi connectivity index (χ2n) is 3.62. The van der Waals surface area contributed by atoms with Crippen LogP contribution in [-0.4, -0.2) is 29.7 Å².